The molecule has 4 nitrogen and oxygen atoms in total. The van der Waals surface area contributed by atoms with Gasteiger partial charge in [0.15, 0.2) is 0 Å². The van der Waals surface area contributed by atoms with Crippen molar-refractivity contribution in [2.45, 2.75) is 72.3 Å². The van der Waals surface area contributed by atoms with Gasteiger partial charge in [-0.15, -0.1) is 0 Å². The van der Waals surface area contributed by atoms with Crippen LogP contribution in [0.4, 0.5) is 5.69 Å². The SMILES string of the molecule is CCCO[C@]1(C(=O)Nc2cc(C)c(OCC)c(C)c2)CCC[C@H](C)C1. The first-order valence-corrected chi connectivity index (χ1v) is 9.61. The molecule has 1 aliphatic carbocycles. The highest BCUT2D eigenvalue weighted by molar-refractivity contribution is 5.97. The van der Waals surface area contributed by atoms with Gasteiger partial charge in [-0.3, -0.25) is 4.79 Å². The third kappa shape index (κ3) is 4.75. The van der Waals surface area contributed by atoms with Crippen molar-refractivity contribution in [2.75, 3.05) is 18.5 Å². The van der Waals surface area contributed by atoms with Crippen LogP contribution in [0.1, 0.15) is 64.0 Å². The Morgan fingerprint density at radius 2 is 1.96 bits per heavy atom. The minimum atomic E-state index is -0.686. The summed E-state index contributed by atoms with van der Waals surface area (Å²) in [4.78, 5) is 13.1. The molecular weight excluding hydrogens is 314 g/mol. The molecule has 1 aromatic carbocycles. The molecule has 0 aromatic heterocycles. The van der Waals surface area contributed by atoms with Crippen LogP contribution in [-0.4, -0.2) is 24.7 Å². The highest BCUT2D eigenvalue weighted by atomic mass is 16.5. The van der Waals surface area contributed by atoms with E-state index in [0.29, 0.717) is 19.1 Å². The molecule has 4 heteroatoms. The molecule has 0 aliphatic heterocycles. The largest absolute Gasteiger partial charge is 0.493 e. The number of anilines is 1. The predicted molar refractivity (Wildman–Crippen MR) is 102 cm³/mol. The molecule has 0 saturated heterocycles. The summed E-state index contributed by atoms with van der Waals surface area (Å²) < 4.78 is 11.8. The van der Waals surface area contributed by atoms with Gasteiger partial charge in [-0.05, 0) is 75.6 Å². The van der Waals surface area contributed by atoms with Gasteiger partial charge < -0.3 is 14.8 Å². The normalized spacial score (nSPS) is 23.3. The lowest BCUT2D eigenvalue weighted by atomic mass is 9.78. The second-order valence-corrected chi connectivity index (χ2v) is 7.37. The van der Waals surface area contributed by atoms with Gasteiger partial charge in [0.2, 0.25) is 0 Å². The Kier molecular flexibility index (Phi) is 6.88. The molecule has 1 saturated carbocycles. The zero-order valence-electron chi connectivity index (χ0n) is 16.4. The van der Waals surface area contributed by atoms with Gasteiger partial charge in [0, 0.05) is 12.3 Å². The maximum Gasteiger partial charge on any atom is 0.256 e. The molecule has 0 heterocycles. The van der Waals surface area contributed by atoms with Crippen LogP contribution in [0.15, 0.2) is 12.1 Å². The van der Waals surface area contributed by atoms with Crippen LogP contribution < -0.4 is 10.1 Å². The summed E-state index contributed by atoms with van der Waals surface area (Å²) in [5, 5.41) is 3.11. The standard InChI is InChI=1S/C21H33NO3/c1-6-11-25-21(10-8-9-15(3)14-21)20(23)22-18-12-16(4)19(24-7-2)17(5)13-18/h12-13,15H,6-11,14H2,1-5H3,(H,22,23)/t15-,21+/m0/s1. The number of carbonyl (C=O) groups is 1. The predicted octanol–water partition coefficient (Wildman–Crippen LogP) is 5.02. The highest BCUT2D eigenvalue weighted by Gasteiger charge is 2.42. The molecule has 1 aliphatic rings. The molecule has 25 heavy (non-hydrogen) atoms. The molecule has 0 unspecified atom stereocenters. The second-order valence-electron chi connectivity index (χ2n) is 7.37. The average molecular weight is 347 g/mol. The number of hydrogen-bond acceptors (Lipinski definition) is 3. The van der Waals surface area contributed by atoms with Crippen LogP contribution in [0.25, 0.3) is 0 Å². The summed E-state index contributed by atoms with van der Waals surface area (Å²) in [5.74, 6) is 1.42. The molecule has 0 bridgehead atoms. The van der Waals surface area contributed by atoms with Gasteiger partial charge >= 0.3 is 0 Å². The number of benzene rings is 1. The Labute approximate surface area is 152 Å². The molecule has 2 rings (SSSR count). The van der Waals surface area contributed by atoms with Gasteiger partial charge in [-0.2, -0.15) is 0 Å². The minimum Gasteiger partial charge on any atom is -0.493 e. The third-order valence-corrected chi connectivity index (χ3v) is 4.96. The maximum absolute atomic E-state index is 13.1. The Balaban J connectivity index is 2.20. The van der Waals surface area contributed by atoms with E-state index in [-0.39, 0.29) is 5.91 Å². The molecule has 2 atom stereocenters. The fourth-order valence-electron chi connectivity index (χ4n) is 3.84. The Bertz CT molecular complexity index is 576. The van der Waals surface area contributed by atoms with Gasteiger partial charge in [0.05, 0.1) is 6.61 Å². The zero-order valence-corrected chi connectivity index (χ0v) is 16.4. The molecule has 0 radical (unpaired) electrons. The van der Waals surface area contributed by atoms with Crippen LogP contribution in [0.2, 0.25) is 0 Å². The number of ether oxygens (including phenoxy) is 2. The van der Waals surface area contributed by atoms with Crippen molar-refractivity contribution in [3.63, 3.8) is 0 Å². The molecule has 1 aromatic rings. The average Bonchev–Trinajstić information content (AvgIpc) is 2.56. The number of amides is 1. The maximum atomic E-state index is 13.1. The summed E-state index contributed by atoms with van der Waals surface area (Å²) in [6.07, 6.45) is 4.74. The lowest BCUT2D eigenvalue weighted by molar-refractivity contribution is -0.148. The first-order chi connectivity index (χ1) is 11.9. The number of nitrogens with one attached hydrogen (secondary N) is 1. The van der Waals surface area contributed by atoms with E-state index in [1.165, 1.54) is 6.42 Å². The van der Waals surface area contributed by atoms with Crippen LogP contribution in [0.5, 0.6) is 5.75 Å². The van der Waals surface area contributed by atoms with Crippen LogP contribution in [0.3, 0.4) is 0 Å². The first-order valence-electron chi connectivity index (χ1n) is 9.61. The molecule has 1 N–H and O–H groups in total. The van der Waals surface area contributed by atoms with Crippen LogP contribution >= 0.6 is 0 Å². The molecular formula is C21H33NO3. The van der Waals surface area contributed by atoms with Gasteiger partial charge in [-0.25, -0.2) is 0 Å². The van der Waals surface area contributed by atoms with E-state index in [0.717, 1.165) is 48.2 Å². The monoisotopic (exact) mass is 347 g/mol. The number of carbonyl (C=O) groups excluding carboxylic acids is 1. The van der Waals surface area contributed by atoms with E-state index in [2.05, 4.69) is 19.2 Å². The topological polar surface area (TPSA) is 47.6 Å². The Morgan fingerprint density at radius 1 is 1.28 bits per heavy atom. The van der Waals surface area contributed by atoms with Crippen molar-refractivity contribution >= 4 is 11.6 Å². The highest BCUT2D eigenvalue weighted by Crippen LogP contribution is 2.37. The van der Waals surface area contributed by atoms with Crippen molar-refractivity contribution in [1.82, 2.24) is 0 Å². The second kappa shape index (κ2) is 8.70. The van der Waals surface area contributed by atoms with Gasteiger partial charge in [-0.1, -0.05) is 20.3 Å². The van der Waals surface area contributed by atoms with E-state index in [9.17, 15) is 4.79 Å². The first kappa shape index (κ1) is 19.8. The van der Waals surface area contributed by atoms with Crippen LogP contribution in [0, 0.1) is 19.8 Å². The molecule has 1 amide bonds. The fraction of sp³-hybridized carbons (Fsp3) is 0.667. The summed E-state index contributed by atoms with van der Waals surface area (Å²) in [6.45, 7) is 11.6. The van der Waals surface area contributed by atoms with Gasteiger partial charge in [0.25, 0.3) is 5.91 Å². The Hall–Kier alpha value is -1.55. The lowest BCUT2D eigenvalue weighted by Gasteiger charge is -2.38. The summed E-state index contributed by atoms with van der Waals surface area (Å²) >= 11 is 0. The third-order valence-electron chi connectivity index (χ3n) is 4.96. The minimum absolute atomic E-state index is 0.00420. The van der Waals surface area contributed by atoms with E-state index >= 15 is 0 Å². The zero-order chi connectivity index (χ0) is 18.4. The fourth-order valence-corrected chi connectivity index (χ4v) is 3.84. The smallest absolute Gasteiger partial charge is 0.256 e. The van der Waals surface area contributed by atoms with Crippen molar-refractivity contribution in [2.24, 2.45) is 5.92 Å². The van der Waals surface area contributed by atoms with E-state index in [1.807, 2.05) is 32.9 Å². The quantitative estimate of drug-likeness (QED) is 0.753. The summed E-state index contributed by atoms with van der Waals surface area (Å²) in [5.41, 5.74) is 2.21. The molecule has 1 fully saturated rings. The van der Waals surface area contributed by atoms with E-state index in [4.69, 9.17) is 9.47 Å². The Morgan fingerprint density at radius 3 is 2.52 bits per heavy atom. The summed E-state index contributed by atoms with van der Waals surface area (Å²) in [7, 11) is 0. The number of hydrogen-bond donors (Lipinski definition) is 1. The van der Waals surface area contributed by atoms with Crippen molar-refractivity contribution in [3.05, 3.63) is 23.3 Å². The molecule has 0 spiro atoms. The van der Waals surface area contributed by atoms with E-state index in [1.54, 1.807) is 0 Å². The number of rotatable bonds is 7. The van der Waals surface area contributed by atoms with Crippen molar-refractivity contribution in [3.8, 4) is 5.75 Å². The number of aryl methyl sites for hydroxylation is 2. The van der Waals surface area contributed by atoms with Crippen molar-refractivity contribution in [1.29, 1.82) is 0 Å². The lowest BCUT2D eigenvalue weighted by Crippen LogP contribution is -2.48. The summed E-state index contributed by atoms with van der Waals surface area (Å²) in [6, 6.07) is 3.96. The van der Waals surface area contributed by atoms with Crippen LogP contribution in [-0.2, 0) is 9.53 Å². The molecule has 140 valence electrons. The van der Waals surface area contributed by atoms with Gasteiger partial charge in [0.1, 0.15) is 11.4 Å². The van der Waals surface area contributed by atoms with Crippen molar-refractivity contribution < 1.29 is 14.3 Å². The van der Waals surface area contributed by atoms with E-state index < -0.39 is 5.60 Å².